The van der Waals surface area contributed by atoms with Gasteiger partial charge in [-0.1, -0.05) is 43.2 Å². The van der Waals surface area contributed by atoms with Crippen LogP contribution in [0.3, 0.4) is 0 Å². The summed E-state index contributed by atoms with van der Waals surface area (Å²) in [7, 11) is 0. The van der Waals surface area contributed by atoms with Crippen molar-refractivity contribution in [1.29, 1.82) is 0 Å². The molecular formula is C19H18O2. The molecule has 21 heavy (non-hydrogen) atoms. The molecule has 0 fully saturated rings. The summed E-state index contributed by atoms with van der Waals surface area (Å²) in [5.41, 5.74) is 3.80. The Morgan fingerprint density at radius 2 is 1.95 bits per heavy atom. The third-order valence-electron chi connectivity index (χ3n) is 3.62. The molecule has 0 aliphatic rings. The molecule has 1 aromatic heterocycles. The van der Waals surface area contributed by atoms with E-state index in [2.05, 4.69) is 13.0 Å². The van der Waals surface area contributed by atoms with Gasteiger partial charge in [-0.2, -0.15) is 0 Å². The van der Waals surface area contributed by atoms with Gasteiger partial charge in [0.2, 0.25) is 5.78 Å². The van der Waals surface area contributed by atoms with E-state index in [0.29, 0.717) is 11.3 Å². The highest BCUT2D eigenvalue weighted by Crippen LogP contribution is 2.23. The second-order valence-corrected chi connectivity index (χ2v) is 5.43. The fourth-order valence-corrected chi connectivity index (χ4v) is 2.57. The number of aryl methyl sites for hydroxylation is 2. The van der Waals surface area contributed by atoms with Gasteiger partial charge in [-0.3, -0.25) is 4.79 Å². The first-order chi connectivity index (χ1) is 10.2. The molecule has 0 N–H and O–H groups in total. The molecule has 2 aromatic carbocycles. The zero-order valence-electron chi connectivity index (χ0n) is 12.3. The highest BCUT2D eigenvalue weighted by molar-refractivity contribution is 6.09. The Labute approximate surface area is 124 Å². The fraction of sp³-hybridized carbons (Fsp3) is 0.211. The Morgan fingerprint density at radius 1 is 1.10 bits per heavy atom. The van der Waals surface area contributed by atoms with Crippen LogP contribution in [0.5, 0.6) is 0 Å². The van der Waals surface area contributed by atoms with Gasteiger partial charge >= 0.3 is 0 Å². The lowest BCUT2D eigenvalue weighted by Crippen LogP contribution is -2.00. The summed E-state index contributed by atoms with van der Waals surface area (Å²) >= 11 is 0. The molecule has 2 heteroatoms. The van der Waals surface area contributed by atoms with E-state index < -0.39 is 0 Å². The maximum absolute atomic E-state index is 12.6. The van der Waals surface area contributed by atoms with Gasteiger partial charge in [0, 0.05) is 10.9 Å². The highest BCUT2D eigenvalue weighted by atomic mass is 16.3. The predicted molar refractivity (Wildman–Crippen MR) is 84.8 cm³/mol. The van der Waals surface area contributed by atoms with E-state index in [1.54, 1.807) is 0 Å². The molecule has 0 saturated heterocycles. The topological polar surface area (TPSA) is 30.2 Å². The lowest BCUT2D eigenvalue weighted by atomic mass is 10.0. The molecule has 0 aliphatic heterocycles. The zero-order chi connectivity index (χ0) is 14.8. The third-order valence-corrected chi connectivity index (χ3v) is 3.62. The van der Waals surface area contributed by atoms with Crippen molar-refractivity contribution in [1.82, 2.24) is 0 Å². The van der Waals surface area contributed by atoms with E-state index in [1.807, 2.05) is 49.4 Å². The maximum atomic E-state index is 12.6. The number of benzene rings is 2. The minimum atomic E-state index is -0.0539. The molecular weight excluding hydrogens is 260 g/mol. The molecule has 0 radical (unpaired) electrons. The van der Waals surface area contributed by atoms with Gasteiger partial charge in [0.15, 0.2) is 5.76 Å². The number of hydrogen-bond donors (Lipinski definition) is 0. The number of carbonyl (C=O) groups is 1. The van der Waals surface area contributed by atoms with E-state index in [-0.39, 0.29) is 5.78 Å². The van der Waals surface area contributed by atoms with Crippen molar-refractivity contribution in [3.8, 4) is 0 Å². The van der Waals surface area contributed by atoms with Crippen molar-refractivity contribution in [2.24, 2.45) is 0 Å². The Balaban J connectivity index is 1.97. The van der Waals surface area contributed by atoms with Gasteiger partial charge in [0.1, 0.15) is 5.58 Å². The summed E-state index contributed by atoms with van der Waals surface area (Å²) in [6.45, 7) is 4.16. The Hall–Kier alpha value is -2.35. The number of hydrogen-bond acceptors (Lipinski definition) is 2. The lowest BCUT2D eigenvalue weighted by Gasteiger charge is -2.02. The van der Waals surface area contributed by atoms with Crippen LogP contribution in [-0.4, -0.2) is 5.78 Å². The monoisotopic (exact) mass is 278 g/mol. The number of ketones is 1. The minimum absolute atomic E-state index is 0.0539. The van der Waals surface area contributed by atoms with Crippen molar-refractivity contribution >= 4 is 16.8 Å². The summed E-state index contributed by atoms with van der Waals surface area (Å²) in [4.78, 5) is 12.6. The molecule has 0 spiro atoms. The highest BCUT2D eigenvalue weighted by Gasteiger charge is 2.15. The second kappa shape index (κ2) is 5.57. The molecule has 1 heterocycles. The van der Waals surface area contributed by atoms with Crippen LogP contribution >= 0.6 is 0 Å². The summed E-state index contributed by atoms with van der Waals surface area (Å²) in [6, 6.07) is 15.6. The number of carbonyl (C=O) groups excluding carboxylic acids is 1. The standard InChI is InChI=1S/C19H18O2/c1-3-5-14-6-4-7-15(11-14)19(20)18-12-16-10-13(2)8-9-17(16)21-18/h4,6-12H,3,5H2,1-2H3. The SMILES string of the molecule is CCCc1cccc(C(=O)c2cc3cc(C)ccc3o2)c1. The molecule has 0 amide bonds. The molecule has 0 unspecified atom stereocenters. The van der Waals surface area contributed by atoms with Crippen LogP contribution in [0.2, 0.25) is 0 Å². The largest absolute Gasteiger partial charge is 0.453 e. The van der Waals surface area contributed by atoms with Gasteiger partial charge in [-0.05, 0) is 43.2 Å². The van der Waals surface area contributed by atoms with Crippen LogP contribution in [0.1, 0.15) is 40.6 Å². The summed E-state index contributed by atoms with van der Waals surface area (Å²) < 4.78 is 5.69. The maximum Gasteiger partial charge on any atom is 0.228 e. The van der Waals surface area contributed by atoms with E-state index in [1.165, 1.54) is 5.56 Å². The first kappa shape index (κ1) is 13.6. The van der Waals surface area contributed by atoms with Crippen molar-refractivity contribution in [2.75, 3.05) is 0 Å². The number of fused-ring (bicyclic) bond motifs is 1. The molecule has 3 rings (SSSR count). The average molecular weight is 278 g/mol. The van der Waals surface area contributed by atoms with E-state index in [4.69, 9.17) is 4.42 Å². The van der Waals surface area contributed by atoms with Gasteiger partial charge in [0.25, 0.3) is 0 Å². The Kier molecular flexibility index (Phi) is 3.61. The first-order valence-electron chi connectivity index (χ1n) is 7.31. The van der Waals surface area contributed by atoms with Crippen molar-refractivity contribution in [3.05, 3.63) is 71.0 Å². The molecule has 3 aromatic rings. The molecule has 106 valence electrons. The van der Waals surface area contributed by atoms with E-state index >= 15 is 0 Å². The van der Waals surface area contributed by atoms with Crippen molar-refractivity contribution in [3.63, 3.8) is 0 Å². The van der Waals surface area contributed by atoms with E-state index in [9.17, 15) is 4.79 Å². The van der Waals surface area contributed by atoms with Crippen LogP contribution in [0, 0.1) is 6.92 Å². The Morgan fingerprint density at radius 3 is 2.76 bits per heavy atom. The summed E-state index contributed by atoms with van der Waals surface area (Å²) in [6.07, 6.45) is 2.06. The van der Waals surface area contributed by atoms with Crippen LogP contribution in [0.25, 0.3) is 11.0 Å². The van der Waals surface area contributed by atoms with Crippen LogP contribution < -0.4 is 0 Å². The number of furan rings is 1. The Bertz CT molecular complexity index is 796. The molecule has 0 aliphatic carbocycles. The predicted octanol–water partition coefficient (Wildman–Crippen LogP) is 4.92. The molecule has 0 atom stereocenters. The number of rotatable bonds is 4. The lowest BCUT2D eigenvalue weighted by molar-refractivity contribution is 0.101. The minimum Gasteiger partial charge on any atom is -0.453 e. The third kappa shape index (κ3) is 2.75. The van der Waals surface area contributed by atoms with Gasteiger partial charge in [-0.25, -0.2) is 0 Å². The smallest absolute Gasteiger partial charge is 0.228 e. The van der Waals surface area contributed by atoms with Crippen molar-refractivity contribution < 1.29 is 9.21 Å². The summed E-state index contributed by atoms with van der Waals surface area (Å²) in [5, 5.41) is 0.975. The van der Waals surface area contributed by atoms with Crippen LogP contribution in [0.4, 0.5) is 0 Å². The fourth-order valence-electron chi connectivity index (χ4n) is 2.57. The molecule has 2 nitrogen and oxygen atoms in total. The first-order valence-corrected chi connectivity index (χ1v) is 7.31. The van der Waals surface area contributed by atoms with Gasteiger partial charge < -0.3 is 4.42 Å². The molecule has 0 bridgehead atoms. The van der Waals surface area contributed by atoms with Gasteiger partial charge in [-0.15, -0.1) is 0 Å². The second-order valence-electron chi connectivity index (χ2n) is 5.43. The van der Waals surface area contributed by atoms with Gasteiger partial charge in [0.05, 0.1) is 0 Å². The van der Waals surface area contributed by atoms with Crippen LogP contribution in [-0.2, 0) is 6.42 Å². The zero-order valence-corrected chi connectivity index (χ0v) is 12.3. The quantitative estimate of drug-likeness (QED) is 0.634. The van der Waals surface area contributed by atoms with Crippen LogP contribution in [0.15, 0.2) is 52.9 Å². The average Bonchev–Trinajstić information content (AvgIpc) is 2.90. The van der Waals surface area contributed by atoms with Crippen molar-refractivity contribution in [2.45, 2.75) is 26.7 Å². The molecule has 0 saturated carbocycles. The van der Waals surface area contributed by atoms with E-state index in [0.717, 1.165) is 29.4 Å². The summed E-state index contributed by atoms with van der Waals surface area (Å²) in [5.74, 6) is 0.353. The normalized spacial score (nSPS) is 11.0.